The number of morpholine rings is 2. The number of nitrogens with zero attached hydrogens (tertiary/aromatic N) is 8. The molecule has 2 N–H and O–H groups in total. The number of benzene rings is 2. The molecule has 0 radical (unpaired) electrons. The Labute approximate surface area is 437 Å². The zero-order chi connectivity index (χ0) is 50.9. The van der Waals surface area contributed by atoms with Crippen molar-refractivity contribution in [2.24, 2.45) is 5.14 Å². The summed E-state index contributed by atoms with van der Waals surface area (Å²) in [6, 6.07) is 14.5. The van der Waals surface area contributed by atoms with Crippen LogP contribution in [0.15, 0.2) is 73.3 Å². The van der Waals surface area contributed by atoms with Gasteiger partial charge in [0.2, 0.25) is 21.8 Å². The average Bonchev–Trinajstić information content (AvgIpc) is 3.36. The van der Waals surface area contributed by atoms with Crippen molar-refractivity contribution in [2.45, 2.75) is 38.6 Å². The van der Waals surface area contributed by atoms with Gasteiger partial charge in [0.05, 0.1) is 64.1 Å². The summed E-state index contributed by atoms with van der Waals surface area (Å²) >= 11 is 0. The highest BCUT2D eigenvalue weighted by atomic mass is 32.2. The second kappa shape index (κ2) is 25.4. The number of fused-ring (bicyclic) bond motifs is 2. The van der Waals surface area contributed by atoms with Gasteiger partial charge in [-0.2, -0.15) is 44.0 Å². The summed E-state index contributed by atoms with van der Waals surface area (Å²) in [4.78, 5) is 38.9. The zero-order valence-electron chi connectivity index (χ0n) is 41.1. The van der Waals surface area contributed by atoms with E-state index >= 15 is 0 Å². The molecule has 27 heteroatoms. The van der Waals surface area contributed by atoms with E-state index in [2.05, 4.69) is 29.9 Å². The van der Waals surface area contributed by atoms with Crippen molar-refractivity contribution in [3.63, 3.8) is 0 Å². The molecule has 0 spiro atoms. The number of methoxy groups -OCH3 is 4. The summed E-state index contributed by atoms with van der Waals surface area (Å²) in [7, 11) is -1.45. The predicted octanol–water partition coefficient (Wildman–Crippen LogP) is 3.68. The number of sulfonamides is 1. The lowest BCUT2D eigenvalue weighted by Crippen LogP contribution is -2.49. The van der Waals surface area contributed by atoms with Crippen molar-refractivity contribution in [3.8, 4) is 57.3 Å². The monoisotopic (exact) mass is 1090 g/mol. The molecule has 73 heavy (non-hydrogen) atoms. The van der Waals surface area contributed by atoms with Crippen LogP contribution >= 0.6 is 27.0 Å². The lowest BCUT2D eigenvalue weighted by molar-refractivity contribution is -0.151. The van der Waals surface area contributed by atoms with Gasteiger partial charge in [0, 0.05) is 62.1 Å². The lowest BCUT2D eigenvalue weighted by Gasteiger charge is -2.32. The number of rotatable bonds is 16. The van der Waals surface area contributed by atoms with E-state index in [4.69, 9.17) is 47.8 Å². The van der Waals surface area contributed by atoms with Crippen LogP contribution < -0.4 is 33.6 Å². The Hall–Kier alpha value is -5.91. The minimum Gasteiger partial charge on any atom is -0.493 e. The van der Waals surface area contributed by atoms with E-state index in [0.717, 1.165) is 15.4 Å². The summed E-state index contributed by atoms with van der Waals surface area (Å²) in [6.45, 7) is 5.95. The number of ether oxygens (including phenoxy) is 9. The fourth-order valence-electron chi connectivity index (χ4n) is 7.40. The topological polar surface area (TPSA) is 278 Å². The van der Waals surface area contributed by atoms with Gasteiger partial charge in [-0.1, -0.05) is 0 Å². The third-order valence-electron chi connectivity index (χ3n) is 10.7. The minimum atomic E-state index is -3.90. The molecular formula is C46H59N9O14S4. The molecule has 2 aromatic carbocycles. The van der Waals surface area contributed by atoms with Crippen molar-refractivity contribution < 1.29 is 64.3 Å². The molecule has 0 amide bonds. The highest BCUT2D eigenvalue weighted by Gasteiger charge is 2.34. The SMILES string of the molecule is COc1ccc(-c2cc3nccnc3c(OC[C@@H]3CN(S(=O)(=O)CC(=O)OC(C)(C)C)CCO3)n2)cc1OC.COc1ccc(-c2cc3nccnc3c(OC[C@@H]3CN(S(N)(=O)=O)CCO3)n2)cc1OC.S.S. The number of nitrogens with two attached hydrogens (primary N) is 1. The van der Waals surface area contributed by atoms with Crippen LogP contribution in [-0.2, 0) is 39.2 Å². The minimum absolute atomic E-state index is 0. The van der Waals surface area contributed by atoms with Gasteiger partial charge in [-0.15, -0.1) is 0 Å². The average molecular weight is 1090 g/mol. The quantitative estimate of drug-likeness (QED) is 0.135. The molecule has 6 heterocycles. The van der Waals surface area contributed by atoms with Gasteiger partial charge in [-0.25, -0.2) is 33.5 Å². The molecule has 2 saturated heterocycles. The largest absolute Gasteiger partial charge is 0.493 e. The highest BCUT2D eigenvalue weighted by Crippen LogP contribution is 2.36. The molecule has 0 unspecified atom stereocenters. The number of pyridine rings is 2. The molecule has 4 aromatic heterocycles. The number of hydrogen-bond acceptors (Lipinski definition) is 20. The number of carbonyl (C=O) groups is 1. The first-order valence-corrected chi connectivity index (χ1v) is 25.1. The predicted molar refractivity (Wildman–Crippen MR) is 279 cm³/mol. The van der Waals surface area contributed by atoms with Gasteiger partial charge >= 0.3 is 5.97 Å². The first-order valence-electron chi connectivity index (χ1n) is 22.0. The third kappa shape index (κ3) is 15.1. The number of aromatic nitrogens is 6. The molecule has 0 bridgehead atoms. The van der Waals surface area contributed by atoms with Crippen molar-refractivity contribution in [2.75, 3.05) is 86.8 Å². The zero-order valence-corrected chi connectivity index (χ0v) is 44.8. The van der Waals surface area contributed by atoms with Gasteiger partial charge in [0.15, 0.2) is 39.8 Å². The van der Waals surface area contributed by atoms with Gasteiger partial charge in [-0.3, -0.25) is 14.8 Å². The summed E-state index contributed by atoms with van der Waals surface area (Å²) < 4.78 is 101. The van der Waals surface area contributed by atoms with Crippen LogP contribution in [0, 0.1) is 0 Å². The summed E-state index contributed by atoms with van der Waals surface area (Å²) in [5, 5.41) is 5.23. The van der Waals surface area contributed by atoms with Crippen molar-refractivity contribution in [1.29, 1.82) is 0 Å². The molecule has 2 aliphatic heterocycles. The van der Waals surface area contributed by atoms with Crippen molar-refractivity contribution in [1.82, 2.24) is 38.5 Å². The van der Waals surface area contributed by atoms with Gasteiger partial charge < -0.3 is 42.6 Å². The first-order chi connectivity index (χ1) is 33.9. The van der Waals surface area contributed by atoms with Crippen LogP contribution in [-0.4, -0.2) is 166 Å². The van der Waals surface area contributed by atoms with Crippen molar-refractivity contribution >= 4 is 75.3 Å². The maximum Gasteiger partial charge on any atom is 0.323 e. The number of hydrogen-bond donors (Lipinski definition) is 1. The van der Waals surface area contributed by atoms with Crippen LogP contribution in [0.25, 0.3) is 44.6 Å². The Morgan fingerprint density at radius 1 is 0.644 bits per heavy atom. The van der Waals surface area contributed by atoms with Crippen LogP contribution in [0.4, 0.5) is 0 Å². The maximum absolute atomic E-state index is 12.9. The summed E-state index contributed by atoms with van der Waals surface area (Å²) in [5.41, 5.74) is 4.01. The molecule has 23 nitrogen and oxygen atoms in total. The highest BCUT2D eigenvalue weighted by molar-refractivity contribution is 7.89. The number of esters is 1. The van der Waals surface area contributed by atoms with E-state index in [1.165, 1.54) is 10.5 Å². The summed E-state index contributed by atoms with van der Waals surface area (Å²) in [6.07, 6.45) is 5.15. The van der Waals surface area contributed by atoms with Gasteiger partial charge in [-0.05, 0) is 69.3 Å². The Kier molecular flexibility index (Phi) is 20.1. The van der Waals surface area contributed by atoms with E-state index in [1.54, 1.807) is 104 Å². The Balaban J connectivity index is 0.000000268. The molecular weight excluding hydrogens is 1030 g/mol. The first kappa shape index (κ1) is 58.0. The Morgan fingerprint density at radius 2 is 1.07 bits per heavy atom. The third-order valence-corrected chi connectivity index (χ3v) is 13.5. The summed E-state index contributed by atoms with van der Waals surface area (Å²) in [5.74, 6) is 1.23. The van der Waals surface area contributed by atoms with E-state index in [0.29, 0.717) is 56.5 Å². The van der Waals surface area contributed by atoms with Crippen molar-refractivity contribution in [3.05, 3.63) is 73.3 Å². The fraction of sp³-hybridized carbons (Fsp3) is 0.413. The molecule has 396 valence electrons. The molecule has 8 rings (SSSR count). The van der Waals surface area contributed by atoms with E-state index in [-0.39, 0.29) is 91.4 Å². The normalized spacial score (nSPS) is 16.4. The van der Waals surface area contributed by atoms with E-state index < -0.39 is 49.8 Å². The van der Waals surface area contributed by atoms with Crippen LogP contribution in [0.5, 0.6) is 34.8 Å². The Bertz CT molecular complexity index is 3080. The molecule has 2 atom stereocenters. The van der Waals surface area contributed by atoms with Gasteiger partial charge in [0.1, 0.15) is 31.0 Å². The standard InChI is InChI=1S/C26H32N4O8S.C20H23N5O6S.2H2S/c1-26(2,3)38-23(31)16-39(32,33)30-10-11-36-18(14-30)15-37-25-24-20(27-8-9-28-24)13-19(29-25)17-6-7-21(34-4)22(12-17)35-5;1-28-17-4-3-13(9-18(17)29-2)15-10-16-19(23-6-5-22-16)20(24-15)31-12-14-11-25(7-8-30-14)32(21,26)27;;/h6-9,12-13,18H,10-11,14-16H2,1-5H3;3-6,9-10,14H,7-8,11-12H2,1-2H3,(H2,21,26,27);2*1H2/t18-;14-;;/m00../s1. The molecule has 0 aliphatic carbocycles. The molecule has 2 fully saturated rings. The van der Waals surface area contributed by atoms with E-state index in [1.807, 2.05) is 12.1 Å². The molecule has 2 aliphatic rings. The Morgan fingerprint density at radius 3 is 1.49 bits per heavy atom. The second-order valence-electron chi connectivity index (χ2n) is 16.8. The maximum atomic E-state index is 12.9. The smallest absolute Gasteiger partial charge is 0.323 e. The fourth-order valence-corrected chi connectivity index (χ4v) is 9.39. The molecule has 0 saturated carbocycles. The molecule has 6 aromatic rings. The number of carbonyl (C=O) groups excluding carboxylic acids is 1. The lowest BCUT2D eigenvalue weighted by atomic mass is 10.1. The van der Waals surface area contributed by atoms with Crippen LogP contribution in [0.3, 0.4) is 0 Å². The second-order valence-corrected chi connectivity index (χ2v) is 20.3. The van der Waals surface area contributed by atoms with Gasteiger partial charge in [0.25, 0.3) is 10.2 Å². The van der Waals surface area contributed by atoms with Crippen LogP contribution in [0.1, 0.15) is 20.8 Å². The van der Waals surface area contributed by atoms with E-state index in [9.17, 15) is 21.6 Å². The van der Waals surface area contributed by atoms with Crippen LogP contribution in [0.2, 0.25) is 0 Å².